The third-order valence-corrected chi connectivity index (χ3v) is 4.61. The summed E-state index contributed by atoms with van der Waals surface area (Å²) in [6.45, 7) is 1.54. The maximum absolute atomic E-state index is 12.3. The molecule has 0 aliphatic heterocycles. The number of amides is 1. The summed E-state index contributed by atoms with van der Waals surface area (Å²) >= 11 is 0. The number of Topliss-reactive ketones (excluding diaryl/α,β-unsaturated/α-hetero) is 1. The second-order valence-electron chi connectivity index (χ2n) is 5.91. The highest BCUT2D eigenvalue weighted by molar-refractivity contribution is 5.97. The molecule has 1 aromatic carbocycles. The van der Waals surface area contributed by atoms with Crippen LogP contribution < -0.4 is 5.32 Å². The van der Waals surface area contributed by atoms with E-state index in [1.54, 1.807) is 12.1 Å². The Hall–Kier alpha value is -1.64. The van der Waals surface area contributed by atoms with Gasteiger partial charge in [-0.15, -0.1) is 0 Å². The average Bonchev–Trinajstić information content (AvgIpc) is 3.01. The molecule has 100 valence electrons. The minimum absolute atomic E-state index is 0.0241. The lowest BCUT2D eigenvalue weighted by Gasteiger charge is -2.20. The van der Waals surface area contributed by atoms with E-state index in [1.807, 2.05) is 12.1 Å². The normalized spacial score (nSPS) is 28.4. The quantitative estimate of drug-likeness (QED) is 0.845. The van der Waals surface area contributed by atoms with Crippen molar-refractivity contribution in [1.29, 1.82) is 0 Å². The zero-order valence-corrected chi connectivity index (χ0v) is 11.2. The molecule has 2 aliphatic carbocycles. The first-order chi connectivity index (χ1) is 9.13. The molecule has 0 heterocycles. The van der Waals surface area contributed by atoms with Gasteiger partial charge in [-0.05, 0) is 50.2 Å². The lowest BCUT2D eigenvalue weighted by molar-refractivity contribution is -0.121. The van der Waals surface area contributed by atoms with E-state index in [0.717, 1.165) is 18.0 Å². The second-order valence-corrected chi connectivity index (χ2v) is 5.91. The molecule has 0 unspecified atom stereocenters. The van der Waals surface area contributed by atoms with E-state index in [-0.39, 0.29) is 17.6 Å². The summed E-state index contributed by atoms with van der Waals surface area (Å²) < 4.78 is 0. The molecule has 19 heavy (non-hydrogen) atoms. The Morgan fingerprint density at radius 3 is 2.68 bits per heavy atom. The molecule has 0 spiro atoms. The zero-order chi connectivity index (χ0) is 13.4. The van der Waals surface area contributed by atoms with Crippen LogP contribution >= 0.6 is 0 Å². The molecule has 2 fully saturated rings. The number of rotatable bonds is 3. The van der Waals surface area contributed by atoms with E-state index in [2.05, 4.69) is 5.32 Å². The van der Waals surface area contributed by atoms with Crippen LogP contribution in [0.1, 0.15) is 43.0 Å². The largest absolute Gasteiger partial charge is 0.326 e. The van der Waals surface area contributed by atoms with Crippen LogP contribution in [-0.2, 0) is 4.79 Å². The molecule has 3 rings (SSSR count). The molecule has 2 aliphatic rings. The van der Waals surface area contributed by atoms with Gasteiger partial charge in [0, 0.05) is 17.2 Å². The summed E-state index contributed by atoms with van der Waals surface area (Å²) in [6, 6.07) is 7.19. The highest BCUT2D eigenvalue weighted by Gasteiger charge is 2.42. The van der Waals surface area contributed by atoms with E-state index in [0.29, 0.717) is 11.5 Å². The zero-order valence-electron chi connectivity index (χ0n) is 11.2. The first-order valence-corrected chi connectivity index (χ1v) is 7.05. The van der Waals surface area contributed by atoms with E-state index >= 15 is 0 Å². The molecular formula is C16H19NO2. The van der Waals surface area contributed by atoms with Crippen molar-refractivity contribution in [3.8, 4) is 0 Å². The monoisotopic (exact) mass is 257 g/mol. The van der Waals surface area contributed by atoms with Gasteiger partial charge >= 0.3 is 0 Å². The van der Waals surface area contributed by atoms with Gasteiger partial charge in [0.15, 0.2) is 5.78 Å². The van der Waals surface area contributed by atoms with Crippen molar-refractivity contribution in [2.24, 2.45) is 17.8 Å². The Balaban J connectivity index is 1.69. The molecule has 2 saturated carbocycles. The number of fused-ring (bicyclic) bond motifs is 2. The maximum atomic E-state index is 12.3. The molecule has 0 saturated heterocycles. The fourth-order valence-corrected chi connectivity index (χ4v) is 3.62. The molecule has 1 aromatic rings. The summed E-state index contributed by atoms with van der Waals surface area (Å²) in [5.74, 6) is 1.69. The average molecular weight is 257 g/mol. The van der Waals surface area contributed by atoms with Crippen LogP contribution in [0.2, 0.25) is 0 Å². The Morgan fingerprint density at radius 1 is 1.21 bits per heavy atom. The molecule has 1 amide bonds. The second kappa shape index (κ2) is 4.80. The molecule has 3 atom stereocenters. The summed E-state index contributed by atoms with van der Waals surface area (Å²) in [5.41, 5.74) is 1.38. The van der Waals surface area contributed by atoms with Crippen molar-refractivity contribution in [3.05, 3.63) is 29.8 Å². The number of hydrogen-bond donors (Lipinski definition) is 1. The molecule has 0 aromatic heterocycles. The number of nitrogens with one attached hydrogen (secondary N) is 1. The molecule has 3 heteroatoms. The Kier molecular flexibility index (Phi) is 3.13. The van der Waals surface area contributed by atoms with Crippen molar-refractivity contribution in [3.63, 3.8) is 0 Å². The fraction of sp³-hybridized carbons (Fsp3) is 0.500. The van der Waals surface area contributed by atoms with Gasteiger partial charge < -0.3 is 5.32 Å². The fourth-order valence-electron chi connectivity index (χ4n) is 3.62. The molecular weight excluding hydrogens is 238 g/mol. The predicted octanol–water partition coefficient (Wildman–Crippen LogP) is 3.26. The summed E-state index contributed by atoms with van der Waals surface area (Å²) in [4.78, 5) is 23.6. The Morgan fingerprint density at radius 2 is 2.05 bits per heavy atom. The van der Waals surface area contributed by atoms with Crippen LogP contribution in [0.4, 0.5) is 5.69 Å². The van der Waals surface area contributed by atoms with E-state index in [4.69, 9.17) is 0 Å². The minimum atomic E-state index is 0.0241. The first kappa shape index (κ1) is 12.4. The van der Waals surface area contributed by atoms with Crippen molar-refractivity contribution in [1.82, 2.24) is 0 Å². The van der Waals surface area contributed by atoms with Crippen LogP contribution in [-0.4, -0.2) is 11.7 Å². The van der Waals surface area contributed by atoms with Crippen molar-refractivity contribution in [2.75, 3.05) is 5.32 Å². The first-order valence-electron chi connectivity index (χ1n) is 7.05. The number of benzene rings is 1. The van der Waals surface area contributed by atoms with Crippen LogP contribution in [0.15, 0.2) is 24.3 Å². The lowest BCUT2D eigenvalue weighted by atomic mass is 9.88. The van der Waals surface area contributed by atoms with Gasteiger partial charge in [-0.1, -0.05) is 18.6 Å². The van der Waals surface area contributed by atoms with Gasteiger partial charge in [0.05, 0.1) is 0 Å². The van der Waals surface area contributed by atoms with Crippen molar-refractivity contribution in [2.45, 2.75) is 32.6 Å². The van der Waals surface area contributed by atoms with Gasteiger partial charge in [-0.3, -0.25) is 9.59 Å². The maximum Gasteiger partial charge on any atom is 0.227 e. The number of ketones is 1. The number of hydrogen-bond acceptors (Lipinski definition) is 2. The van der Waals surface area contributed by atoms with Gasteiger partial charge in [0.2, 0.25) is 5.91 Å². The van der Waals surface area contributed by atoms with Gasteiger partial charge in [-0.2, -0.15) is 0 Å². The topological polar surface area (TPSA) is 46.2 Å². The molecule has 3 nitrogen and oxygen atoms in total. The molecule has 2 bridgehead atoms. The number of carbonyl (C=O) groups is 2. The smallest absolute Gasteiger partial charge is 0.227 e. The standard InChI is InChI=1S/C16H19NO2/c1-10(18)12-3-2-4-14(9-12)17-16(19)15-8-11-5-6-13(15)7-11/h2-4,9,11,13,15H,5-8H2,1H3,(H,17,19)/t11-,13+,15+/m0/s1. The van der Waals surface area contributed by atoms with E-state index in [9.17, 15) is 9.59 Å². The van der Waals surface area contributed by atoms with E-state index in [1.165, 1.54) is 26.2 Å². The summed E-state index contributed by atoms with van der Waals surface area (Å²) in [6.07, 6.45) is 4.78. The predicted molar refractivity (Wildman–Crippen MR) is 74.0 cm³/mol. The lowest BCUT2D eigenvalue weighted by Crippen LogP contribution is -2.27. The molecule has 1 N–H and O–H groups in total. The van der Waals surface area contributed by atoms with Crippen molar-refractivity contribution >= 4 is 17.4 Å². The molecule has 0 radical (unpaired) electrons. The van der Waals surface area contributed by atoms with Gasteiger partial charge in [-0.25, -0.2) is 0 Å². The Labute approximate surface area is 113 Å². The third-order valence-electron chi connectivity index (χ3n) is 4.61. The minimum Gasteiger partial charge on any atom is -0.326 e. The number of anilines is 1. The van der Waals surface area contributed by atoms with Crippen LogP contribution in [0, 0.1) is 17.8 Å². The third kappa shape index (κ3) is 2.42. The van der Waals surface area contributed by atoms with Crippen LogP contribution in [0.25, 0.3) is 0 Å². The van der Waals surface area contributed by atoms with E-state index < -0.39 is 0 Å². The van der Waals surface area contributed by atoms with Gasteiger partial charge in [0.25, 0.3) is 0 Å². The number of carbonyl (C=O) groups excluding carboxylic acids is 2. The van der Waals surface area contributed by atoms with Crippen LogP contribution in [0.3, 0.4) is 0 Å². The summed E-state index contributed by atoms with van der Waals surface area (Å²) in [7, 11) is 0. The van der Waals surface area contributed by atoms with Gasteiger partial charge in [0.1, 0.15) is 0 Å². The Bertz CT molecular complexity index is 523. The van der Waals surface area contributed by atoms with Crippen molar-refractivity contribution < 1.29 is 9.59 Å². The SMILES string of the molecule is CC(=O)c1cccc(NC(=O)[C@@H]2C[C@H]3CC[C@@H]2C3)c1. The summed E-state index contributed by atoms with van der Waals surface area (Å²) in [5, 5.41) is 2.97. The highest BCUT2D eigenvalue weighted by Crippen LogP contribution is 2.48. The highest BCUT2D eigenvalue weighted by atomic mass is 16.2. The van der Waals surface area contributed by atoms with Crippen LogP contribution in [0.5, 0.6) is 0 Å².